The van der Waals surface area contributed by atoms with E-state index in [2.05, 4.69) is 0 Å². The number of halogens is 3. The number of hydrogen-bond donors (Lipinski definition) is 2. The highest BCUT2D eigenvalue weighted by atomic mass is 19.4. The Morgan fingerprint density at radius 2 is 1.66 bits per heavy atom. The van der Waals surface area contributed by atoms with Gasteiger partial charge in [0.15, 0.2) is 0 Å². The van der Waals surface area contributed by atoms with Gasteiger partial charge in [-0.1, -0.05) is 62.4 Å². The predicted molar refractivity (Wildman–Crippen MR) is 97.8 cm³/mol. The molecule has 1 aliphatic rings. The van der Waals surface area contributed by atoms with Crippen LogP contribution in [0.25, 0.3) is 0 Å². The van der Waals surface area contributed by atoms with Crippen LogP contribution in [-0.2, 0) is 14.9 Å². The van der Waals surface area contributed by atoms with E-state index in [1.54, 1.807) is 42.5 Å². The smallest absolute Gasteiger partial charge is 0.426 e. The quantitative estimate of drug-likeness (QED) is 0.743. The van der Waals surface area contributed by atoms with Crippen LogP contribution >= 0.6 is 0 Å². The Hall–Kier alpha value is -2.87. The molecule has 0 saturated carbocycles. The van der Waals surface area contributed by atoms with E-state index in [4.69, 9.17) is 4.74 Å². The van der Waals surface area contributed by atoms with Gasteiger partial charge >= 0.3 is 12.1 Å². The lowest BCUT2D eigenvalue weighted by Gasteiger charge is -2.37. The number of esters is 1. The molecule has 1 aliphatic heterocycles. The molecule has 0 fully saturated rings. The molecule has 0 aromatic heterocycles. The molecule has 0 bridgehead atoms. The van der Waals surface area contributed by atoms with Gasteiger partial charge in [0.05, 0.1) is 5.56 Å². The number of rotatable bonds is 5. The number of cyclic esters (lactones) is 1. The van der Waals surface area contributed by atoms with Crippen molar-refractivity contribution < 1.29 is 32.6 Å². The van der Waals surface area contributed by atoms with Crippen LogP contribution in [0.1, 0.15) is 48.0 Å². The number of aliphatic hydroxyl groups is 1. The fourth-order valence-electron chi connectivity index (χ4n) is 3.43. The molecule has 2 aromatic rings. The number of nitrogens with one attached hydrogen (secondary N) is 1. The molecule has 0 spiro atoms. The van der Waals surface area contributed by atoms with Gasteiger partial charge in [0.2, 0.25) is 11.8 Å². The maximum atomic E-state index is 13.8. The van der Waals surface area contributed by atoms with Gasteiger partial charge in [0, 0.05) is 12.0 Å². The number of ether oxygens (including phenoxy) is 1. The summed E-state index contributed by atoms with van der Waals surface area (Å²) in [5.74, 6) is -2.44. The third-order valence-corrected chi connectivity index (χ3v) is 5.05. The van der Waals surface area contributed by atoms with Crippen LogP contribution in [-0.4, -0.2) is 28.8 Å². The molecule has 2 unspecified atom stereocenters. The molecule has 5 nitrogen and oxygen atoms in total. The normalized spacial score (nSPS) is 18.6. The van der Waals surface area contributed by atoms with E-state index in [1.165, 1.54) is 26.0 Å². The van der Waals surface area contributed by atoms with Crippen LogP contribution in [0.5, 0.6) is 0 Å². The Balaban J connectivity index is 1.89. The molecule has 154 valence electrons. The molecule has 2 N–H and O–H groups in total. The van der Waals surface area contributed by atoms with Gasteiger partial charge in [-0.05, 0) is 17.0 Å². The zero-order valence-electron chi connectivity index (χ0n) is 15.8. The molecular weight excluding hydrogens is 387 g/mol. The van der Waals surface area contributed by atoms with Crippen LogP contribution < -0.4 is 5.32 Å². The summed E-state index contributed by atoms with van der Waals surface area (Å²) in [5, 5.41) is 12.5. The average Bonchev–Trinajstić information content (AvgIpc) is 2.97. The van der Waals surface area contributed by atoms with E-state index in [-0.39, 0.29) is 11.1 Å². The Labute approximate surface area is 165 Å². The minimum absolute atomic E-state index is 0.151. The lowest BCUT2D eigenvalue weighted by molar-refractivity contribution is -0.258. The highest BCUT2D eigenvalue weighted by molar-refractivity contribution is 5.95. The Morgan fingerprint density at radius 3 is 2.28 bits per heavy atom. The highest BCUT2D eigenvalue weighted by Gasteiger charge is 2.61. The second kappa shape index (κ2) is 7.18. The lowest BCUT2D eigenvalue weighted by atomic mass is 9.74. The summed E-state index contributed by atoms with van der Waals surface area (Å²) in [6.07, 6.45) is -7.56. The molecule has 29 heavy (non-hydrogen) atoms. The van der Waals surface area contributed by atoms with E-state index < -0.39 is 41.7 Å². The summed E-state index contributed by atoms with van der Waals surface area (Å²) >= 11 is 0. The van der Waals surface area contributed by atoms with Crippen molar-refractivity contribution in [2.45, 2.75) is 43.7 Å². The van der Waals surface area contributed by atoms with Crippen molar-refractivity contribution >= 4 is 11.9 Å². The molecule has 8 heteroatoms. The lowest BCUT2D eigenvalue weighted by Crippen LogP contribution is -2.59. The van der Waals surface area contributed by atoms with E-state index >= 15 is 0 Å². The summed E-state index contributed by atoms with van der Waals surface area (Å²) in [6, 6.07) is 14.3. The summed E-state index contributed by atoms with van der Waals surface area (Å²) in [6.45, 7) is 3.02. The van der Waals surface area contributed by atoms with Crippen molar-refractivity contribution in [1.29, 1.82) is 0 Å². The molecule has 0 saturated heterocycles. The molecule has 2 aromatic carbocycles. The van der Waals surface area contributed by atoms with Crippen LogP contribution in [0, 0.1) is 0 Å². The molecule has 0 radical (unpaired) electrons. The molecule has 3 rings (SSSR count). The summed E-state index contributed by atoms with van der Waals surface area (Å²) in [7, 11) is 0. The van der Waals surface area contributed by atoms with Gasteiger partial charge < -0.3 is 15.2 Å². The number of amides is 1. The maximum Gasteiger partial charge on any atom is 0.426 e. The van der Waals surface area contributed by atoms with Crippen molar-refractivity contribution in [3.05, 3.63) is 71.3 Å². The number of benzene rings is 2. The monoisotopic (exact) mass is 407 g/mol. The number of hydrogen-bond acceptors (Lipinski definition) is 4. The fraction of sp³-hybridized carbons (Fsp3) is 0.333. The van der Waals surface area contributed by atoms with Gasteiger partial charge in [-0.3, -0.25) is 4.79 Å². The van der Waals surface area contributed by atoms with E-state index in [0.29, 0.717) is 5.56 Å². The summed E-state index contributed by atoms with van der Waals surface area (Å²) in [4.78, 5) is 24.5. The number of fused-ring (bicyclic) bond motifs is 1. The Morgan fingerprint density at radius 1 is 1.07 bits per heavy atom. The maximum absolute atomic E-state index is 13.8. The SMILES string of the molecule is CC(C)(CC(O)(C(=O)NC1OC(=O)c2ccccc21)C(F)(F)F)c1ccccc1. The number of carbonyl (C=O) groups excluding carboxylic acids is 2. The van der Waals surface area contributed by atoms with Crippen LogP contribution in [0.2, 0.25) is 0 Å². The third-order valence-electron chi connectivity index (χ3n) is 5.05. The largest absolute Gasteiger partial charge is 0.434 e. The highest BCUT2D eigenvalue weighted by Crippen LogP contribution is 2.42. The molecule has 0 aliphatic carbocycles. The first kappa shape index (κ1) is 20.9. The van der Waals surface area contributed by atoms with Crippen molar-refractivity contribution in [3.8, 4) is 0 Å². The Kier molecular flexibility index (Phi) is 5.17. The second-order valence-electron chi connectivity index (χ2n) is 7.63. The number of carbonyl (C=O) groups is 2. The van der Waals surface area contributed by atoms with Gasteiger partial charge in [0.25, 0.3) is 5.91 Å². The average molecular weight is 407 g/mol. The third kappa shape index (κ3) is 3.85. The molecule has 1 amide bonds. The second-order valence-corrected chi connectivity index (χ2v) is 7.63. The molecule has 2 atom stereocenters. The van der Waals surface area contributed by atoms with Crippen LogP contribution in [0.3, 0.4) is 0 Å². The minimum Gasteiger partial charge on any atom is -0.434 e. The van der Waals surface area contributed by atoms with E-state index in [9.17, 15) is 27.9 Å². The predicted octanol–water partition coefficient (Wildman–Crippen LogP) is 3.63. The standard InChI is InChI=1S/C21H20F3NO4/c1-19(2,13-8-4-3-5-9-13)12-20(28,21(22,23)24)18(27)25-16-14-10-6-7-11-15(14)17(26)29-16/h3-11,16,28H,12H2,1-2H3,(H,25,27). The van der Waals surface area contributed by atoms with Crippen molar-refractivity contribution in [2.24, 2.45) is 0 Å². The van der Waals surface area contributed by atoms with Gasteiger partial charge in [-0.25, -0.2) is 4.79 Å². The topological polar surface area (TPSA) is 75.6 Å². The van der Waals surface area contributed by atoms with Crippen molar-refractivity contribution in [1.82, 2.24) is 5.32 Å². The summed E-state index contributed by atoms with van der Waals surface area (Å²) in [5.41, 5.74) is -3.94. The van der Waals surface area contributed by atoms with E-state index in [0.717, 1.165) is 0 Å². The molecule has 1 heterocycles. The van der Waals surface area contributed by atoms with Crippen LogP contribution in [0.4, 0.5) is 13.2 Å². The van der Waals surface area contributed by atoms with Gasteiger partial charge in [0.1, 0.15) is 0 Å². The fourth-order valence-corrected chi connectivity index (χ4v) is 3.43. The van der Waals surface area contributed by atoms with Crippen LogP contribution in [0.15, 0.2) is 54.6 Å². The summed E-state index contributed by atoms with van der Waals surface area (Å²) < 4.78 is 46.5. The van der Waals surface area contributed by atoms with Gasteiger partial charge in [-0.2, -0.15) is 13.2 Å². The van der Waals surface area contributed by atoms with E-state index in [1.807, 2.05) is 5.32 Å². The minimum atomic E-state index is -5.24. The molecular formula is C21H20F3NO4. The zero-order chi connectivity index (χ0) is 21.4. The Bertz CT molecular complexity index is 927. The zero-order valence-corrected chi connectivity index (χ0v) is 15.8. The first-order chi connectivity index (χ1) is 13.5. The van der Waals surface area contributed by atoms with Gasteiger partial charge in [-0.15, -0.1) is 0 Å². The number of alkyl halides is 3. The van der Waals surface area contributed by atoms with Crippen molar-refractivity contribution in [2.75, 3.05) is 0 Å². The first-order valence-electron chi connectivity index (χ1n) is 8.91. The van der Waals surface area contributed by atoms with Crippen molar-refractivity contribution in [3.63, 3.8) is 0 Å². The first-order valence-corrected chi connectivity index (χ1v) is 8.91.